The maximum atomic E-state index is 13.3. The largest absolute Gasteiger partial charge is 0.480 e. The monoisotopic (exact) mass is 266 g/mol. The summed E-state index contributed by atoms with van der Waals surface area (Å²) < 4.78 is 13.3. The molecule has 6 heteroatoms. The van der Waals surface area contributed by atoms with Crippen LogP contribution in [0.1, 0.15) is 0 Å². The summed E-state index contributed by atoms with van der Waals surface area (Å²) in [7, 11) is 0. The Morgan fingerprint density at radius 1 is 1.37 bits per heavy atom. The number of aliphatic carboxylic acids is 1. The van der Waals surface area contributed by atoms with Crippen molar-refractivity contribution in [2.24, 2.45) is 0 Å². The van der Waals surface area contributed by atoms with Crippen LogP contribution >= 0.6 is 0 Å². The Hall–Kier alpha value is -2.21. The van der Waals surface area contributed by atoms with E-state index in [9.17, 15) is 14.0 Å². The van der Waals surface area contributed by atoms with Crippen LogP contribution < -0.4 is 5.32 Å². The molecule has 5 nitrogen and oxygen atoms in total. The number of carboxylic acid groups (broad SMARTS) is 1. The molecule has 0 aliphatic rings. The zero-order valence-corrected chi connectivity index (χ0v) is 10.3. The Morgan fingerprint density at radius 3 is 2.63 bits per heavy atom. The fourth-order valence-electron chi connectivity index (χ4n) is 1.51. The maximum absolute atomic E-state index is 13.3. The number of benzene rings is 1. The van der Waals surface area contributed by atoms with E-state index in [0.717, 1.165) is 0 Å². The van der Waals surface area contributed by atoms with Gasteiger partial charge in [0.1, 0.15) is 5.82 Å². The van der Waals surface area contributed by atoms with E-state index in [2.05, 4.69) is 11.9 Å². The van der Waals surface area contributed by atoms with Crippen LogP contribution in [-0.4, -0.2) is 41.5 Å². The van der Waals surface area contributed by atoms with Gasteiger partial charge in [0, 0.05) is 6.54 Å². The molecule has 0 radical (unpaired) electrons. The lowest BCUT2D eigenvalue weighted by Gasteiger charge is -2.17. The summed E-state index contributed by atoms with van der Waals surface area (Å²) >= 11 is 0. The fraction of sp³-hybridized carbons (Fsp3) is 0.231. The van der Waals surface area contributed by atoms with Crippen molar-refractivity contribution in [2.45, 2.75) is 0 Å². The van der Waals surface area contributed by atoms with Gasteiger partial charge in [-0.2, -0.15) is 0 Å². The molecule has 0 heterocycles. The number of halogens is 1. The number of amides is 1. The molecule has 1 amide bonds. The number of carboxylic acids is 1. The Balaban J connectivity index is 2.60. The first-order chi connectivity index (χ1) is 9.02. The van der Waals surface area contributed by atoms with Crippen LogP contribution in [0, 0.1) is 5.82 Å². The SMILES string of the molecule is C=CCN(CC(=O)O)CC(=O)Nc1ccccc1F. The maximum Gasteiger partial charge on any atom is 0.317 e. The number of para-hydroxylation sites is 1. The molecule has 0 fully saturated rings. The van der Waals surface area contributed by atoms with Crippen LogP contribution in [0.2, 0.25) is 0 Å². The lowest BCUT2D eigenvalue weighted by atomic mass is 10.3. The number of carbonyl (C=O) groups excluding carboxylic acids is 1. The van der Waals surface area contributed by atoms with E-state index in [4.69, 9.17) is 5.11 Å². The highest BCUT2D eigenvalue weighted by molar-refractivity contribution is 5.92. The molecule has 0 aliphatic heterocycles. The smallest absolute Gasteiger partial charge is 0.317 e. The van der Waals surface area contributed by atoms with Crippen LogP contribution in [0.15, 0.2) is 36.9 Å². The molecule has 0 bridgehead atoms. The van der Waals surface area contributed by atoms with E-state index < -0.39 is 17.7 Å². The van der Waals surface area contributed by atoms with Crippen molar-refractivity contribution in [1.29, 1.82) is 0 Å². The summed E-state index contributed by atoms with van der Waals surface area (Å²) in [6, 6.07) is 5.77. The summed E-state index contributed by atoms with van der Waals surface area (Å²) in [5.41, 5.74) is 0.0707. The van der Waals surface area contributed by atoms with Crippen molar-refractivity contribution in [1.82, 2.24) is 4.90 Å². The highest BCUT2D eigenvalue weighted by Gasteiger charge is 2.13. The first kappa shape index (κ1) is 14.8. The van der Waals surface area contributed by atoms with Gasteiger partial charge in [-0.3, -0.25) is 14.5 Å². The van der Waals surface area contributed by atoms with Gasteiger partial charge in [-0.05, 0) is 12.1 Å². The predicted octanol–water partition coefficient (Wildman–Crippen LogP) is 1.34. The zero-order valence-electron chi connectivity index (χ0n) is 10.3. The molecule has 102 valence electrons. The number of hydrogen-bond acceptors (Lipinski definition) is 3. The average Bonchev–Trinajstić information content (AvgIpc) is 2.31. The zero-order chi connectivity index (χ0) is 14.3. The van der Waals surface area contributed by atoms with Crippen LogP contribution in [-0.2, 0) is 9.59 Å². The summed E-state index contributed by atoms with van der Waals surface area (Å²) in [5.74, 6) is -2.06. The molecule has 0 spiro atoms. The van der Waals surface area contributed by atoms with E-state index in [1.807, 2.05) is 0 Å². The van der Waals surface area contributed by atoms with E-state index >= 15 is 0 Å². The van der Waals surface area contributed by atoms with E-state index in [1.54, 1.807) is 6.07 Å². The minimum Gasteiger partial charge on any atom is -0.480 e. The summed E-state index contributed by atoms with van der Waals surface area (Å²) in [6.07, 6.45) is 1.50. The van der Waals surface area contributed by atoms with Crippen LogP contribution in [0.5, 0.6) is 0 Å². The van der Waals surface area contributed by atoms with Crippen molar-refractivity contribution in [3.63, 3.8) is 0 Å². The summed E-state index contributed by atoms with van der Waals surface area (Å²) in [6.45, 7) is 3.32. The van der Waals surface area contributed by atoms with E-state index in [0.29, 0.717) is 0 Å². The van der Waals surface area contributed by atoms with Crippen molar-refractivity contribution >= 4 is 17.6 Å². The van der Waals surface area contributed by atoms with Gasteiger partial charge in [-0.1, -0.05) is 18.2 Å². The molecule has 0 atom stereocenters. The lowest BCUT2D eigenvalue weighted by molar-refractivity contribution is -0.138. The van der Waals surface area contributed by atoms with Gasteiger partial charge in [0.25, 0.3) is 0 Å². The summed E-state index contributed by atoms with van der Waals surface area (Å²) in [4.78, 5) is 23.7. The number of anilines is 1. The summed E-state index contributed by atoms with van der Waals surface area (Å²) in [5, 5.41) is 11.1. The third-order valence-corrected chi connectivity index (χ3v) is 2.26. The minimum atomic E-state index is -1.04. The Kier molecular flexibility index (Phi) is 5.69. The van der Waals surface area contributed by atoms with Crippen molar-refractivity contribution in [3.8, 4) is 0 Å². The molecule has 0 saturated heterocycles. The molecule has 1 aromatic rings. The second-order valence-corrected chi connectivity index (χ2v) is 3.88. The van der Waals surface area contributed by atoms with Gasteiger partial charge in [0.2, 0.25) is 5.91 Å². The second kappa shape index (κ2) is 7.27. The third kappa shape index (κ3) is 5.31. The Labute approximate surface area is 110 Å². The Morgan fingerprint density at radius 2 is 2.05 bits per heavy atom. The standard InChI is InChI=1S/C13H15FN2O3/c1-2-7-16(9-13(18)19)8-12(17)15-11-6-4-3-5-10(11)14/h2-6H,1,7-9H2,(H,15,17)(H,18,19). The molecule has 1 aromatic carbocycles. The van der Waals surface area contributed by atoms with Gasteiger partial charge in [-0.25, -0.2) is 4.39 Å². The molecule has 19 heavy (non-hydrogen) atoms. The number of hydrogen-bond donors (Lipinski definition) is 2. The topological polar surface area (TPSA) is 69.6 Å². The van der Waals surface area contributed by atoms with Crippen molar-refractivity contribution in [2.75, 3.05) is 25.0 Å². The third-order valence-electron chi connectivity index (χ3n) is 2.26. The first-order valence-electron chi connectivity index (χ1n) is 5.62. The fourth-order valence-corrected chi connectivity index (χ4v) is 1.51. The second-order valence-electron chi connectivity index (χ2n) is 3.88. The molecular formula is C13H15FN2O3. The number of nitrogens with one attached hydrogen (secondary N) is 1. The van der Waals surface area contributed by atoms with Crippen LogP contribution in [0.25, 0.3) is 0 Å². The highest BCUT2D eigenvalue weighted by Crippen LogP contribution is 2.12. The minimum absolute atomic E-state index is 0.0707. The van der Waals surface area contributed by atoms with Crippen molar-refractivity contribution < 1.29 is 19.1 Å². The normalized spacial score (nSPS) is 10.2. The van der Waals surface area contributed by atoms with Gasteiger partial charge in [0.05, 0.1) is 18.8 Å². The lowest BCUT2D eigenvalue weighted by Crippen LogP contribution is -2.37. The molecule has 0 aromatic heterocycles. The van der Waals surface area contributed by atoms with Crippen molar-refractivity contribution in [3.05, 3.63) is 42.7 Å². The number of nitrogens with zero attached hydrogens (tertiary/aromatic N) is 1. The van der Waals surface area contributed by atoms with E-state index in [-0.39, 0.29) is 25.3 Å². The molecule has 0 unspecified atom stereocenters. The van der Waals surface area contributed by atoms with Gasteiger partial charge in [0.15, 0.2) is 0 Å². The molecule has 0 aliphatic carbocycles. The molecular weight excluding hydrogens is 251 g/mol. The first-order valence-corrected chi connectivity index (χ1v) is 5.62. The highest BCUT2D eigenvalue weighted by atomic mass is 19.1. The molecule has 0 saturated carbocycles. The van der Waals surface area contributed by atoms with Gasteiger partial charge >= 0.3 is 5.97 Å². The molecule has 1 rings (SSSR count). The molecule has 2 N–H and O–H groups in total. The van der Waals surface area contributed by atoms with Gasteiger partial charge < -0.3 is 10.4 Å². The van der Waals surface area contributed by atoms with E-state index in [1.165, 1.54) is 29.2 Å². The van der Waals surface area contributed by atoms with Crippen LogP contribution in [0.4, 0.5) is 10.1 Å². The number of carbonyl (C=O) groups is 2. The number of rotatable bonds is 7. The Bertz CT molecular complexity index is 477. The average molecular weight is 266 g/mol. The van der Waals surface area contributed by atoms with Gasteiger partial charge in [-0.15, -0.1) is 6.58 Å². The van der Waals surface area contributed by atoms with Crippen LogP contribution in [0.3, 0.4) is 0 Å². The predicted molar refractivity (Wildman–Crippen MR) is 69.3 cm³/mol. The quantitative estimate of drug-likeness (QED) is 0.731.